The third kappa shape index (κ3) is 21.9. The van der Waals surface area contributed by atoms with Gasteiger partial charge in [0.2, 0.25) is 5.95 Å². The van der Waals surface area contributed by atoms with E-state index in [0.717, 1.165) is 57.2 Å². The van der Waals surface area contributed by atoms with Crippen LogP contribution in [-0.4, -0.2) is 102 Å². The molecule has 0 atom stereocenters. The number of nitrogens with one attached hydrogen (secondary N) is 3. The first-order valence-electron chi connectivity index (χ1n) is 24.8. The molecule has 8 rings (SSSR count). The Kier molecular flexibility index (Phi) is 28.9. The summed E-state index contributed by atoms with van der Waals surface area (Å²) in [7, 11) is -5.31. The first-order valence-corrected chi connectivity index (χ1v) is 32.5. The second-order valence-electron chi connectivity index (χ2n) is 18.4. The van der Waals surface area contributed by atoms with Crippen LogP contribution >= 0.6 is 114 Å². The topological polar surface area (TPSA) is 248 Å². The zero-order valence-corrected chi connectivity index (χ0v) is 58.1. The van der Waals surface area contributed by atoms with Gasteiger partial charge in [0, 0.05) is 83.1 Å². The SMILES string of the molecule is CC(C)Nc1cc(I)c(Cl)cn1.CC(C)Nc1cc(I)c(Cl)cn1.COC(=O)c1cc(-c2cc(NC(C)C)ncc2Cl)cn1S(=O)(=O)c1ccc(C)cc1.COC(=O)c1cc(O[B]O)cn1S(=O)(=O)c1ccc(C)cc1.Fc1cc(I)c(Cl)cn1. The fraction of sp³-hybridized carbons (Fsp3) is 0.236. The number of esters is 2. The summed E-state index contributed by atoms with van der Waals surface area (Å²) in [5.74, 6) is 0.198. The van der Waals surface area contributed by atoms with Gasteiger partial charge in [-0.1, -0.05) is 81.8 Å². The third-order valence-electron chi connectivity index (χ3n) is 10.5. The highest BCUT2D eigenvalue weighted by Gasteiger charge is 2.28. The molecule has 0 spiro atoms. The summed E-state index contributed by atoms with van der Waals surface area (Å²) in [6.45, 7) is 15.9. The number of benzene rings is 2. The molecule has 6 aromatic heterocycles. The molecule has 2 aromatic carbocycles. The summed E-state index contributed by atoms with van der Waals surface area (Å²) in [5.41, 5.74) is 2.45. The lowest BCUT2D eigenvalue weighted by atomic mass is 10.1. The van der Waals surface area contributed by atoms with Gasteiger partial charge < -0.3 is 35.1 Å². The molecule has 6 heterocycles. The molecule has 0 unspecified atom stereocenters. The minimum atomic E-state index is -4.03. The number of nitrogens with zero attached hydrogens (tertiary/aromatic N) is 6. The van der Waals surface area contributed by atoms with Crippen molar-refractivity contribution < 1.29 is 50.0 Å². The summed E-state index contributed by atoms with van der Waals surface area (Å²) in [4.78, 5) is 40.0. The lowest BCUT2D eigenvalue weighted by Crippen LogP contribution is -2.18. The predicted molar refractivity (Wildman–Crippen MR) is 358 cm³/mol. The van der Waals surface area contributed by atoms with Gasteiger partial charge in [-0.25, -0.2) is 54.3 Å². The van der Waals surface area contributed by atoms with E-state index in [2.05, 4.69) is 113 Å². The molecule has 85 heavy (non-hydrogen) atoms. The maximum Gasteiger partial charge on any atom is 0.569 e. The van der Waals surface area contributed by atoms with Crippen molar-refractivity contribution in [3.8, 4) is 16.9 Å². The van der Waals surface area contributed by atoms with Crippen LogP contribution in [0.15, 0.2) is 132 Å². The van der Waals surface area contributed by atoms with Crippen molar-refractivity contribution in [1.29, 1.82) is 0 Å². The highest BCUT2D eigenvalue weighted by molar-refractivity contribution is 14.1. The monoisotopic (exact) mass is 1620 g/mol. The van der Waals surface area contributed by atoms with E-state index in [1.807, 2.05) is 62.4 Å². The number of carbonyl (C=O) groups excluding carboxylic acids is 2. The van der Waals surface area contributed by atoms with Crippen molar-refractivity contribution in [2.24, 2.45) is 0 Å². The van der Waals surface area contributed by atoms with Gasteiger partial charge in [0.05, 0.1) is 50.3 Å². The van der Waals surface area contributed by atoms with E-state index in [-0.39, 0.29) is 33.0 Å². The Morgan fingerprint density at radius 3 is 1.29 bits per heavy atom. The molecule has 30 heteroatoms. The molecule has 19 nitrogen and oxygen atoms in total. The molecule has 453 valence electrons. The number of halogens is 8. The number of anilines is 3. The summed E-state index contributed by atoms with van der Waals surface area (Å²) in [6.07, 6.45) is 8.53. The van der Waals surface area contributed by atoms with Crippen LogP contribution in [0.3, 0.4) is 0 Å². The van der Waals surface area contributed by atoms with Crippen molar-refractivity contribution in [1.82, 2.24) is 27.9 Å². The Morgan fingerprint density at radius 1 is 0.565 bits per heavy atom. The number of hydrogen-bond acceptors (Lipinski definition) is 17. The quantitative estimate of drug-likeness (QED) is 0.0322. The van der Waals surface area contributed by atoms with Crippen LogP contribution in [0, 0.1) is 30.5 Å². The normalized spacial score (nSPS) is 10.9. The van der Waals surface area contributed by atoms with Crippen LogP contribution in [0.25, 0.3) is 11.1 Å². The number of pyridine rings is 4. The van der Waals surface area contributed by atoms with Crippen molar-refractivity contribution in [3.05, 3.63) is 181 Å². The molecule has 8 aromatic rings. The number of aryl methyl sites for hydroxylation is 2. The van der Waals surface area contributed by atoms with E-state index in [1.165, 1.54) is 62.1 Å². The minimum absolute atomic E-state index is 0.0124. The molecule has 0 fully saturated rings. The third-order valence-corrected chi connectivity index (χ3v) is 18.8. The largest absolute Gasteiger partial charge is 0.569 e. The second kappa shape index (κ2) is 33.9. The van der Waals surface area contributed by atoms with Crippen LogP contribution in [0.4, 0.5) is 21.8 Å². The molecular formula is C55H57BCl4FI3N9O10S2. The van der Waals surface area contributed by atoms with Crippen LogP contribution in [0.2, 0.25) is 20.1 Å². The van der Waals surface area contributed by atoms with E-state index in [1.54, 1.807) is 42.7 Å². The van der Waals surface area contributed by atoms with E-state index >= 15 is 0 Å². The number of aromatic nitrogens is 6. The Hall–Kier alpha value is -5.06. The Bertz CT molecular complexity index is 3740. The molecule has 0 aliphatic carbocycles. The smallest absolute Gasteiger partial charge is 0.536 e. The van der Waals surface area contributed by atoms with E-state index in [9.17, 15) is 30.8 Å². The van der Waals surface area contributed by atoms with E-state index in [0.29, 0.717) is 60.4 Å². The number of carbonyl (C=O) groups is 2. The second-order valence-corrected chi connectivity index (χ2v) is 27.2. The fourth-order valence-corrected chi connectivity index (χ4v) is 11.2. The van der Waals surface area contributed by atoms with E-state index < -0.39 is 37.9 Å². The summed E-state index contributed by atoms with van der Waals surface area (Å²) in [5, 5.41) is 20.4. The number of rotatable bonds is 15. The molecule has 0 aliphatic heterocycles. The molecule has 0 saturated carbocycles. The molecular weight excluding hydrogens is 1560 g/mol. The van der Waals surface area contributed by atoms with Gasteiger partial charge in [0.25, 0.3) is 20.0 Å². The Morgan fingerprint density at radius 2 is 0.929 bits per heavy atom. The van der Waals surface area contributed by atoms with Crippen molar-refractivity contribution in [2.75, 3.05) is 30.2 Å². The van der Waals surface area contributed by atoms with Crippen LogP contribution < -0.4 is 20.6 Å². The Balaban J connectivity index is 0.000000245. The summed E-state index contributed by atoms with van der Waals surface area (Å²) >= 11 is 29.8. The van der Waals surface area contributed by atoms with Gasteiger partial charge in [-0.3, -0.25) is 0 Å². The molecule has 0 saturated heterocycles. The van der Waals surface area contributed by atoms with Crippen LogP contribution in [-0.2, 0) is 29.5 Å². The van der Waals surface area contributed by atoms with Crippen molar-refractivity contribution >= 4 is 171 Å². The lowest BCUT2D eigenvalue weighted by molar-refractivity contribution is 0.0584. The van der Waals surface area contributed by atoms with Gasteiger partial charge in [-0.2, -0.15) is 4.39 Å². The standard InChI is InChI=1S/C21H22ClN3O4S.C13H13BNO6S.2C8H10ClIN2.C5H2ClFIN/c1-13(2)24-20-10-17(18(22)11-23-20)15-9-19(21(26)29-4)25(12-15)30(27,28)16-7-5-14(3)6-8-16;1-9-3-5-11(6-4-9)22(18,19)15-8-10(21-14-17)7-12(15)13(16)20-2;2*1-5(2)12-8-3-7(10)6(9)4-11-8;6-3-2-9-5(7)1-4(3)8/h5-13H,1-4H3,(H,23,24);3-8,17H,1-2H3;2*3-5H,1-2H3,(H,11,12);1-2H. The van der Waals surface area contributed by atoms with Crippen molar-refractivity contribution in [2.45, 2.75) is 83.3 Å². The number of methoxy groups -OCH3 is 2. The fourth-order valence-electron chi connectivity index (χ4n) is 6.69. The predicted octanol–water partition coefficient (Wildman–Crippen LogP) is 13.9. The van der Waals surface area contributed by atoms with Crippen LogP contribution in [0.1, 0.15) is 73.6 Å². The average Bonchev–Trinajstić information content (AvgIpc) is 3.39. The Labute approximate surface area is 555 Å². The van der Waals surface area contributed by atoms with Gasteiger partial charge in [-0.15, -0.1) is 0 Å². The molecule has 0 amide bonds. The minimum Gasteiger partial charge on any atom is -0.536 e. The maximum absolute atomic E-state index is 13.2. The van der Waals surface area contributed by atoms with Gasteiger partial charge in [0.15, 0.2) is 0 Å². The van der Waals surface area contributed by atoms with Crippen LogP contribution in [0.5, 0.6) is 5.75 Å². The maximum atomic E-state index is 13.2. The number of hydrogen-bond donors (Lipinski definition) is 4. The summed E-state index contributed by atoms with van der Waals surface area (Å²) in [6, 6.07) is 22.9. The summed E-state index contributed by atoms with van der Waals surface area (Å²) < 4.78 is 82.4. The number of ether oxygens (including phenoxy) is 2. The molecule has 0 aliphatic rings. The molecule has 0 bridgehead atoms. The van der Waals surface area contributed by atoms with Gasteiger partial charge >= 0.3 is 19.6 Å². The first kappa shape index (κ1) is 72.4. The lowest BCUT2D eigenvalue weighted by Gasteiger charge is -2.11. The zero-order chi connectivity index (χ0) is 63.5. The van der Waals surface area contributed by atoms with Crippen molar-refractivity contribution in [3.63, 3.8) is 0 Å². The molecule has 4 N–H and O–H groups in total. The highest BCUT2D eigenvalue weighted by atomic mass is 127. The first-order chi connectivity index (χ1) is 39.9. The van der Waals surface area contributed by atoms with Gasteiger partial charge in [0.1, 0.15) is 34.6 Å². The van der Waals surface area contributed by atoms with Gasteiger partial charge in [-0.05, 0) is 172 Å². The average molecular weight is 1620 g/mol. The molecule has 1 radical (unpaired) electrons. The van der Waals surface area contributed by atoms with E-state index in [4.69, 9.17) is 60.8 Å². The zero-order valence-electron chi connectivity index (χ0n) is 47.0. The highest BCUT2D eigenvalue weighted by Crippen LogP contribution is 2.33.